The Morgan fingerprint density at radius 3 is 2.25 bits per heavy atom. The Morgan fingerprint density at radius 2 is 1.79 bits per heavy atom. The van der Waals surface area contributed by atoms with E-state index >= 15 is 0 Å². The molecule has 0 aromatic heterocycles. The summed E-state index contributed by atoms with van der Waals surface area (Å²) in [6, 6.07) is -0.557. The van der Waals surface area contributed by atoms with Gasteiger partial charge in [0, 0.05) is 19.0 Å². The first-order valence-corrected chi connectivity index (χ1v) is 9.64. The van der Waals surface area contributed by atoms with Crippen molar-refractivity contribution in [3.8, 4) is 0 Å². The molecule has 0 bridgehead atoms. The van der Waals surface area contributed by atoms with Gasteiger partial charge in [0.15, 0.2) is 0 Å². The molecule has 0 aromatic rings. The van der Waals surface area contributed by atoms with Gasteiger partial charge in [-0.1, -0.05) is 19.8 Å². The molecular weight excluding hydrogens is 324 g/mol. The first kappa shape index (κ1) is 23.2. The Kier molecular flexibility index (Phi) is 11.4. The summed E-state index contributed by atoms with van der Waals surface area (Å²) < 4.78 is 0. The number of hydrogen-bond acceptors (Lipinski definition) is 4. The van der Waals surface area contributed by atoms with Crippen LogP contribution >= 0.6 is 12.6 Å². The zero-order chi connectivity index (χ0) is 18.8. The number of carbonyl (C=O) groups excluding carboxylic acids is 2. The van der Waals surface area contributed by atoms with Crippen LogP contribution < -0.4 is 5.32 Å². The summed E-state index contributed by atoms with van der Waals surface area (Å²) in [4.78, 5) is 26.8. The topological polar surface area (TPSA) is 69.6 Å². The minimum Gasteiger partial charge on any atom is -0.393 e. The zero-order valence-corrected chi connectivity index (χ0v) is 16.9. The van der Waals surface area contributed by atoms with E-state index in [1.165, 1.54) is 0 Å². The molecule has 0 aliphatic heterocycles. The summed E-state index contributed by atoms with van der Waals surface area (Å²) in [5.74, 6) is 0.435. The number of hydrogen-bond donors (Lipinski definition) is 3. The molecule has 1 unspecified atom stereocenters. The van der Waals surface area contributed by atoms with Crippen molar-refractivity contribution in [3.63, 3.8) is 0 Å². The van der Waals surface area contributed by atoms with E-state index in [0.717, 1.165) is 19.3 Å². The van der Waals surface area contributed by atoms with Crippen LogP contribution in [0, 0.1) is 0 Å². The highest BCUT2D eigenvalue weighted by Gasteiger charge is 2.36. The van der Waals surface area contributed by atoms with Crippen LogP contribution in [-0.4, -0.2) is 52.3 Å². The second-order valence-corrected chi connectivity index (χ2v) is 7.71. The normalized spacial score (nSPS) is 14.1. The molecule has 0 saturated carbocycles. The second kappa shape index (κ2) is 11.7. The molecule has 0 aliphatic carbocycles. The van der Waals surface area contributed by atoms with E-state index in [1.54, 1.807) is 11.9 Å². The van der Waals surface area contributed by atoms with Gasteiger partial charge in [-0.15, -0.1) is 0 Å². The standard InChI is InChI=1S/C18H36N2O3S/c1-6-7-9-14(21)11-12-15(17(23)19-5)20(18(2,3)4)16(22)10-8-13-24/h14-15,21,24H,6-13H2,1-5H3,(H,19,23)/t14?,15-/m0/s1. The lowest BCUT2D eigenvalue weighted by Crippen LogP contribution is -2.57. The van der Waals surface area contributed by atoms with Gasteiger partial charge < -0.3 is 15.3 Å². The Balaban J connectivity index is 5.17. The van der Waals surface area contributed by atoms with Crippen LogP contribution in [0.1, 0.15) is 72.6 Å². The lowest BCUT2D eigenvalue weighted by molar-refractivity contribution is -0.146. The maximum atomic E-state index is 12.7. The highest BCUT2D eigenvalue weighted by molar-refractivity contribution is 7.80. The fraction of sp³-hybridized carbons (Fsp3) is 0.889. The van der Waals surface area contributed by atoms with Crippen molar-refractivity contribution in [2.75, 3.05) is 12.8 Å². The Hall–Kier alpha value is -0.750. The second-order valence-electron chi connectivity index (χ2n) is 7.27. The van der Waals surface area contributed by atoms with Gasteiger partial charge in [0.05, 0.1) is 6.10 Å². The van der Waals surface area contributed by atoms with Gasteiger partial charge in [-0.25, -0.2) is 0 Å². The van der Waals surface area contributed by atoms with Crippen molar-refractivity contribution >= 4 is 24.4 Å². The lowest BCUT2D eigenvalue weighted by Gasteiger charge is -2.41. The number of nitrogens with zero attached hydrogens (tertiary/aromatic N) is 1. The fourth-order valence-corrected chi connectivity index (χ4v) is 3.00. The zero-order valence-electron chi connectivity index (χ0n) is 16.0. The molecule has 5 nitrogen and oxygen atoms in total. The van der Waals surface area contributed by atoms with Gasteiger partial charge in [-0.2, -0.15) is 12.6 Å². The molecule has 24 heavy (non-hydrogen) atoms. The molecule has 0 heterocycles. The number of nitrogens with one attached hydrogen (secondary N) is 1. The van der Waals surface area contributed by atoms with Gasteiger partial charge in [0.25, 0.3) is 0 Å². The van der Waals surface area contributed by atoms with E-state index in [9.17, 15) is 14.7 Å². The molecule has 0 aliphatic rings. The van der Waals surface area contributed by atoms with Gasteiger partial charge in [-0.05, 0) is 52.2 Å². The molecule has 0 saturated heterocycles. The summed E-state index contributed by atoms with van der Waals surface area (Å²) >= 11 is 4.16. The van der Waals surface area contributed by atoms with Gasteiger partial charge in [0.2, 0.25) is 11.8 Å². The first-order chi connectivity index (χ1) is 11.2. The van der Waals surface area contributed by atoms with E-state index in [4.69, 9.17) is 0 Å². The van der Waals surface area contributed by atoms with Crippen LogP contribution in [0.2, 0.25) is 0 Å². The Bertz CT molecular complexity index is 383. The number of rotatable bonds is 11. The third-order valence-electron chi connectivity index (χ3n) is 4.07. The van der Waals surface area contributed by atoms with Crippen LogP contribution in [-0.2, 0) is 9.59 Å². The molecule has 6 heteroatoms. The van der Waals surface area contributed by atoms with Crippen molar-refractivity contribution in [1.82, 2.24) is 10.2 Å². The smallest absolute Gasteiger partial charge is 0.242 e. The Labute approximate surface area is 153 Å². The average molecular weight is 361 g/mol. The number of amides is 2. The molecule has 0 aromatic carbocycles. The van der Waals surface area contributed by atoms with Gasteiger partial charge >= 0.3 is 0 Å². The predicted molar refractivity (Wildman–Crippen MR) is 102 cm³/mol. The molecule has 0 fully saturated rings. The quantitative estimate of drug-likeness (QED) is 0.496. The molecule has 0 radical (unpaired) electrons. The molecular formula is C18H36N2O3S. The molecule has 0 rings (SSSR count). The van der Waals surface area contributed by atoms with Crippen LogP contribution in [0.15, 0.2) is 0 Å². The predicted octanol–water partition coefficient (Wildman–Crippen LogP) is 2.77. The first-order valence-electron chi connectivity index (χ1n) is 9.01. The maximum Gasteiger partial charge on any atom is 0.242 e. The van der Waals surface area contributed by atoms with Crippen molar-refractivity contribution in [3.05, 3.63) is 0 Å². The number of aliphatic hydroxyl groups is 1. The Morgan fingerprint density at radius 1 is 1.17 bits per heavy atom. The molecule has 142 valence electrons. The average Bonchev–Trinajstić information content (AvgIpc) is 2.52. The van der Waals surface area contributed by atoms with Crippen LogP contribution in [0.5, 0.6) is 0 Å². The number of likely N-dealkylation sites (N-methyl/N-ethyl adjacent to an activating group) is 1. The van der Waals surface area contributed by atoms with Crippen molar-refractivity contribution in [2.24, 2.45) is 0 Å². The van der Waals surface area contributed by atoms with E-state index in [0.29, 0.717) is 31.4 Å². The largest absolute Gasteiger partial charge is 0.393 e. The number of thiol groups is 1. The minimum atomic E-state index is -0.557. The fourth-order valence-electron chi connectivity index (χ4n) is 2.84. The highest BCUT2D eigenvalue weighted by Crippen LogP contribution is 2.23. The van der Waals surface area contributed by atoms with Crippen molar-refractivity contribution in [1.29, 1.82) is 0 Å². The molecule has 2 amide bonds. The molecule has 2 N–H and O–H groups in total. The SMILES string of the molecule is CCCCC(O)CC[C@@H](C(=O)NC)N(C(=O)CCCS)C(C)(C)C. The van der Waals surface area contributed by atoms with Crippen molar-refractivity contribution in [2.45, 2.75) is 90.3 Å². The highest BCUT2D eigenvalue weighted by atomic mass is 32.1. The van der Waals surface area contributed by atoms with Crippen LogP contribution in [0.4, 0.5) is 0 Å². The number of unbranched alkanes of at least 4 members (excludes halogenated alkanes) is 1. The van der Waals surface area contributed by atoms with E-state index in [-0.39, 0.29) is 11.8 Å². The summed E-state index contributed by atoms with van der Waals surface area (Å²) in [5, 5.41) is 12.8. The molecule has 0 spiro atoms. The van der Waals surface area contributed by atoms with E-state index < -0.39 is 17.7 Å². The van der Waals surface area contributed by atoms with Crippen molar-refractivity contribution < 1.29 is 14.7 Å². The summed E-state index contributed by atoms with van der Waals surface area (Å²) in [7, 11) is 1.59. The lowest BCUT2D eigenvalue weighted by atomic mass is 9.96. The number of aliphatic hydroxyl groups excluding tert-OH is 1. The summed E-state index contributed by atoms with van der Waals surface area (Å²) in [6.07, 6.45) is 4.37. The number of carbonyl (C=O) groups is 2. The minimum absolute atomic E-state index is 0.0341. The van der Waals surface area contributed by atoms with E-state index in [2.05, 4.69) is 24.9 Å². The summed E-state index contributed by atoms with van der Waals surface area (Å²) in [6.45, 7) is 7.90. The van der Waals surface area contributed by atoms with E-state index in [1.807, 2.05) is 20.8 Å². The monoisotopic (exact) mass is 360 g/mol. The van der Waals surface area contributed by atoms with Crippen LogP contribution in [0.3, 0.4) is 0 Å². The molecule has 2 atom stereocenters. The van der Waals surface area contributed by atoms with Crippen LogP contribution in [0.25, 0.3) is 0 Å². The summed E-state index contributed by atoms with van der Waals surface area (Å²) in [5.41, 5.74) is -0.459. The third-order valence-corrected chi connectivity index (χ3v) is 4.38. The van der Waals surface area contributed by atoms with Gasteiger partial charge in [-0.3, -0.25) is 9.59 Å². The maximum absolute atomic E-state index is 12.7. The third kappa shape index (κ3) is 8.38. The van der Waals surface area contributed by atoms with Gasteiger partial charge in [0.1, 0.15) is 6.04 Å².